The normalized spacial score (nSPS) is 32.2. The van der Waals surface area contributed by atoms with E-state index in [1.54, 1.807) is 0 Å². The van der Waals surface area contributed by atoms with Gasteiger partial charge in [-0.1, -0.05) is 26.7 Å². The lowest BCUT2D eigenvalue weighted by Gasteiger charge is -2.56. The number of hydrogen-bond acceptors (Lipinski definition) is 2. The third-order valence-corrected chi connectivity index (χ3v) is 4.60. The number of hydrogen-bond donors (Lipinski definition) is 1. The molecule has 2 rings (SSSR count). The first-order valence-corrected chi connectivity index (χ1v) is 6.76. The fourth-order valence-corrected chi connectivity index (χ4v) is 3.16. The van der Waals surface area contributed by atoms with Crippen LogP contribution in [0.1, 0.15) is 46.0 Å². The number of piperidine rings is 1. The highest BCUT2D eigenvalue weighted by Crippen LogP contribution is 2.37. The molecule has 2 saturated heterocycles. The van der Waals surface area contributed by atoms with Gasteiger partial charge >= 0.3 is 0 Å². The Bertz CT molecular complexity index is 193. The predicted octanol–water partition coefficient (Wildman–Crippen LogP) is 2.25. The maximum atomic E-state index is 3.58. The summed E-state index contributed by atoms with van der Waals surface area (Å²) in [5.41, 5.74) is 0.570. The van der Waals surface area contributed by atoms with Crippen molar-refractivity contribution in [2.75, 3.05) is 26.2 Å². The number of nitrogens with zero attached hydrogens (tertiary/aromatic N) is 1. The zero-order valence-electron chi connectivity index (χ0n) is 10.4. The maximum absolute atomic E-state index is 3.58. The van der Waals surface area contributed by atoms with E-state index in [0.29, 0.717) is 5.54 Å². The van der Waals surface area contributed by atoms with E-state index in [1.807, 2.05) is 0 Å². The van der Waals surface area contributed by atoms with Crippen LogP contribution in [-0.4, -0.2) is 36.6 Å². The van der Waals surface area contributed by atoms with Crippen molar-refractivity contribution in [1.29, 1.82) is 0 Å². The van der Waals surface area contributed by atoms with E-state index in [0.717, 1.165) is 5.92 Å². The molecule has 15 heavy (non-hydrogen) atoms. The minimum atomic E-state index is 0.570. The quantitative estimate of drug-likeness (QED) is 0.765. The topological polar surface area (TPSA) is 15.3 Å². The van der Waals surface area contributed by atoms with Crippen molar-refractivity contribution in [3.8, 4) is 0 Å². The Morgan fingerprint density at radius 3 is 2.53 bits per heavy atom. The largest absolute Gasteiger partial charge is 0.315 e. The second-order valence-electron chi connectivity index (χ2n) is 5.38. The molecule has 1 spiro atoms. The summed E-state index contributed by atoms with van der Waals surface area (Å²) >= 11 is 0. The molecule has 2 fully saturated rings. The van der Waals surface area contributed by atoms with Gasteiger partial charge in [0.25, 0.3) is 0 Å². The molecule has 0 unspecified atom stereocenters. The van der Waals surface area contributed by atoms with E-state index in [4.69, 9.17) is 0 Å². The van der Waals surface area contributed by atoms with Crippen LogP contribution in [0.3, 0.4) is 0 Å². The molecule has 0 aromatic heterocycles. The van der Waals surface area contributed by atoms with Crippen LogP contribution >= 0.6 is 0 Å². The first kappa shape index (κ1) is 11.4. The molecule has 2 heteroatoms. The molecule has 88 valence electrons. The van der Waals surface area contributed by atoms with Crippen molar-refractivity contribution in [2.24, 2.45) is 5.92 Å². The predicted molar refractivity (Wildman–Crippen MR) is 65.1 cm³/mol. The molecule has 0 aromatic carbocycles. The van der Waals surface area contributed by atoms with E-state index >= 15 is 0 Å². The Balaban J connectivity index is 1.87. The van der Waals surface area contributed by atoms with E-state index < -0.39 is 0 Å². The summed E-state index contributed by atoms with van der Waals surface area (Å²) in [4.78, 5) is 2.76. The molecular weight excluding hydrogens is 184 g/mol. The van der Waals surface area contributed by atoms with Gasteiger partial charge in [-0.05, 0) is 31.7 Å². The van der Waals surface area contributed by atoms with Crippen LogP contribution in [-0.2, 0) is 0 Å². The van der Waals surface area contributed by atoms with Crippen molar-refractivity contribution in [2.45, 2.75) is 51.5 Å². The summed E-state index contributed by atoms with van der Waals surface area (Å²) in [6, 6.07) is 0. The molecule has 2 aliphatic rings. The Morgan fingerprint density at radius 1 is 1.27 bits per heavy atom. The van der Waals surface area contributed by atoms with Gasteiger partial charge in [-0.3, -0.25) is 4.90 Å². The Kier molecular flexibility index (Phi) is 3.68. The van der Waals surface area contributed by atoms with Crippen LogP contribution in [0.2, 0.25) is 0 Å². The van der Waals surface area contributed by atoms with E-state index in [9.17, 15) is 0 Å². The van der Waals surface area contributed by atoms with Crippen molar-refractivity contribution < 1.29 is 0 Å². The zero-order valence-corrected chi connectivity index (χ0v) is 10.4. The molecule has 0 radical (unpaired) electrons. The zero-order chi connectivity index (χ0) is 10.7. The molecular formula is C13H26N2. The smallest absolute Gasteiger partial charge is 0.0346 e. The third kappa shape index (κ3) is 2.21. The van der Waals surface area contributed by atoms with Crippen molar-refractivity contribution in [3.63, 3.8) is 0 Å². The first-order chi connectivity index (χ1) is 7.30. The fourth-order valence-electron chi connectivity index (χ4n) is 3.16. The molecule has 2 aliphatic heterocycles. The van der Waals surface area contributed by atoms with E-state index in [1.165, 1.54) is 58.3 Å². The summed E-state index contributed by atoms with van der Waals surface area (Å²) in [5, 5.41) is 3.58. The highest BCUT2D eigenvalue weighted by molar-refractivity contribution is 5.03. The fraction of sp³-hybridized carbons (Fsp3) is 1.00. The van der Waals surface area contributed by atoms with E-state index in [2.05, 4.69) is 24.1 Å². The lowest BCUT2D eigenvalue weighted by atomic mass is 9.77. The molecule has 1 atom stereocenters. The highest BCUT2D eigenvalue weighted by Gasteiger charge is 2.45. The molecule has 0 bridgehead atoms. The Morgan fingerprint density at radius 2 is 2.07 bits per heavy atom. The van der Waals surface area contributed by atoms with Crippen LogP contribution in [0, 0.1) is 5.92 Å². The highest BCUT2D eigenvalue weighted by atomic mass is 15.3. The second kappa shape index (κ2) is 4.84. The lowest BCUT2D eigenvalue weighted by Crippen LogP contribution is -2.67. The molecule has 0 aromatic rings. The Labute approximate surface area is 94.4 Å². The van der Waals surface area contributed by atoms with Crippen LogP contribution in [0.4, 0.5) is 0 Å². The van der Waals surface area contributed by atoms with Gasteiger partial charge in [0.05, 0.1) is 0 Å². The summed E-state index contributed by atoms with van der Waals surface area (Å²) in [6.07, 6.45) is 6.92. The van der Waals surface area contributed by atoms with Crippen LogP contribution in [0.5, 0.6) is 0 Å². The van der Waals surface area contributed by atoms with Gasteiger partial charge in [-0.15, -0.1) is 0 Å². The van der Waals surface area contributed by atoms with Crippen molar-refractivity contribution in [1.82, 2.24) is 10.2 Å². The van der Waals surface area contributed by atoms with Gasteiger partial charge in [0, 0.05) is 25.2 Å². The molecule has 0 amide bonds. The molecule has 1 N–H and O–H groups in total. The minimum Gasteiger partial charge on any atom is -0.315 e. The van der Waals surface area contributed by atoms with Gasteiger partial charge in [0.15, 0.2) is 0 Å². The van der Waals surface area contributed by atoms with Crippen LogP contribution in [0.15, 0.2) is 0 Å². The van der Waals surface area contributed by atoms with Crippen LogP contribution < -0.4 is 5.32 Å². The van der Waals surface area contributed by atoms with Gasteiger partial charge in [-0.2, -0.15) is 0 Å². The monoisotopic (exact) mass is 210 g/mol. The molecule has 0 saturated carbocycles. The standard InChI is InChI=1S/C13H26N2/c1-3-12(4-2)10-15-9-7-13(15)6-5-8-14-11-13/h12,14H,3-11H2,1-2H3/t13-/m0/s1. The number of rotatable bonds is 4. The maximum Gasteiger partial charge on any atom is 0.0346 e. The average molecular weight is 210 g/mol. The number of nitrogens with one attached hydrogen (secondary N) is 1. The first-order valence-electron chi connectivity index (χ1n) is 6.76. The van der Waals surface area contributed by atoms with Gasteiger partial charge in [-0.25, -0.2) is 0 Å². The summed E-state index contributed by atoms with van der Waals surface area (Å²) in [5.74, 6) is 0.920. The van der Waals surface area contributed by atoms with Crippen molar-refractivity contribution in [3.05, 3.63) is 0 Å². The Hall–Kier alpha value is -0.0800. The summed E-state index contributed by atoms with van der Waals surface area (Å²) < 4.78 is 0. The molecule has 2 heterocycles. The third-order valence-electron chi connectivity index (χ3n) is 4.60. The SMILES string of the molecule is CCC(CC)CN1CC[C@]12CCCNC2. The number of likely N-dealkylation sites (tertiary alicyclic amines) is 1. The lowest BCUT2D eigenvalue weighted by molar-refractivity contribution is -0.0426. The van der Waals surface area contributed by atoms with Gasteiger partial charge in [0.1, 0.15) is 0 Å². The summed E-state index contributed by atoms with van der Waals surface area (Å²) in [6.45, 7) is 9.83. The minimum absolute atomic E-state index is 0.570. The summed E-state index contributed by atoms with van der Waals surface area (Å²) in [7, 11) is 0. The molecule has 0 aliphatic carbocycles. The van der Waals surface area contributed by atoms with Crippen LogP contribution in [0.25, 0.3) is 0 Å². The van der Waals surface area contributed by atoms with Gasteiger partial charge in [0.2, 0.25) is 0 Å². The van der Waals surface area contributed by atoms with Crippen molar-refractivity contribution >= 4 is 0 Å². The molecule has 2 nitrogen and oxygen atoms in total. The second-order valence-corrected chi connectivity index (χ2v) is 5.38. The average Bonchev–Trinajstić information content (AvgIpc) is 2.30. The van der Waals surface area contributed by atoms with Gasteiger partial charge < -0.3 is 5.32 Å². The van der Waals surface area contributed by atoms with E-state index in [-0.39, 0.29) is 0 Å².